The molecule has 0 aromatic heterocycles. The molecule has 3 rings (SSSR count). The molecule has 2 fully saturated rings. The average molecular weight is 226 g/mol. The zero-order valence-corrected chi connectivity index (χ0v) is 9.49. The summed E-state index contributed by atoms with van der Waals surface area (Å²) < 4.78 is 24.2. The van der Waals surface area contributed by atoms with E-state index in [1.807, 2.05) is 0 Å². The lowest BCUT2D eigenvalue weighted by Gasteiger charge is -2.44. The maximum Gasteiger partial charge on any atom is 0.207 e. The van der Waals surface area contributed by atoms with E-state index in [4.69, 9.17) is 9.47 Å². The summed E-state index contributed by atoms with van der Waals surface area (Å²) in [6.07, 6.45) is 2.23. The number of rotatable bonds is 2. The Morgan fingerprint density at radius 2 is 1.94 bits per heavy atom. The molecule has 1 spiro atoms. The molecule has 1 heterocycles. The van der Waals surface area contributed by atoms with Crippen LogP contribution in [0.3, 0.4) is 0 Å². The molecule has 88 valence electrons. The van der Waals surface area contributed by atoms with Gasteiger partial charge in [-0.1, -0.05) is 0 Å². The van der Waals surface area contributed by atoms with Crippen molar-refractivity contribution in [2.45, 2.75) is 43.2 Å². The van der Waals surface area contributed by atoms with Gasteiger partial charge in [0.1, 0.15) is 0 Å². The SMILES string of the molecule is COC1(OC)C/C(=C2/CC3(CC3)N=N2)C1F. The summed E-state index contributed by atoms with van der Waals surface area (Å²) in [5.74, 6) is -1.09. The Kier molecular flexibility index (Phi) is 2.01. The van der Waals surface area contributed by atoms with Crippen molar-refractivity contribution in [3.63, 3.8) is 0 Å². The summed E-state index contributed by atoms with van der Waals surface area (Å²) in [5.41, 5.74) is 1.56. The van der Waals surface area contributed by atoms with Gasteiger partial charge >= 0.3 is 0 Å². The third-order valence-corrected chi connectivity index (χ3v) is 3.90. The Morgan fingerprint density at radius 3 is 2.38 bits per heavy atom. The van der Waals surface area contributed by atoms with E-state index >= 15 is 0 Å². The summed E-state index contributed by atoms with van der Waals surface area (Å²) in [4.78, 5) is 0. The monoisotopic (exact) mass is 226 g/mol. The molecule has 2 saturated carbocycles. The fourth-order valence-corrected chi connectivity index (χ4v) is 2.41. The van der Waals surface area contributed by atoms with Crippen LogP contribution in [0.5, 0.6) is 0 Å². The van der Waals surface area contributed by atoms with Crippen molar-refractivity contribution in [1.29, 1.82) is 0 Å². The maximum absolute atomic E-state index is 14.0. The largest absolute Gasteiger partial charge is 0.350 e. The molecule has 5 heteroatoms. The Bertz CT molecular complexity index is 383. The molecule has 0 radical (unpaired) electrons. The van der Waals surface area contributed by atoms with Crippen LogP contribution >= 0.6 is 0 Å². The van der Waals surface area contributed by atoms with Crippen LogP contribution in [0.1, 0.15) is 25.7 Å². The zero-order chi connectivity index (χ0) is 11.4. The Hall–Kier alpha value is -0.810. The topological polar surface area (TPSA) is 43.2 Å². The first-order valence-electron chi connectivity index (χ1n) is 5.54. The van der Waals surface area contributed by atoms with E-state index < -0.39 is 12.0 Å². The predicted octanol–water partition coefficient (Wildman–Crippen LogP) is 2.36. The third-order valence-electron chi connectivity index (χ3n) is 3.90. The third kappa shape index (κ3) is 1.21. The highest BCUT2D eigenvalue weighted by Gasteiger charge is 2.56. The smallest absolute Gasteiger partial charge is 0.207 e. The van der Waals surface area contributed by atoms with Crippen molar-refractivity contribution < 1.29 is 13.9 Å². The second-order valence-corrected chi connectivity index (χ2v) is 4.83. The quantitative estimate of drug-likeness (QED) is 0.678. The van der Waals surface area contributed by atoms with E-state index in [-0.39, 0.29) is 5.54 Å². The van der Waals surface area contributed by atoms with E-state index in [1.165, 1.54) is 14.2 Å². The van der Waals surface area contributed by atoms with Gasteiger partial charge in [0.15, 0.2) is 6.17 Å². The van der Waals surface area contributed by atoms with Gasteiger partial charge in [-0.3, -0.25) is 0 Å². The molecule has 0 saturated heterocycles. The second-order valence-electron chi connectivity index (χ2n) is 4.83. The fourth-order valence-electron chi connectivity index (χ4n) is 2.41. The Labute approximate surface area is 93.5 Å². The highest BCUT2D eigenvalue weighted by atomic mass is 19.1. The van der Waals surface area contributed by atoms with Gasteiger partial charge in [-0.15, -0.1) is 0 Å². The van der Waals surface area contributed by atoms with Crippen LogP contribution in [0.15, 0.2) is 21.5 Å². The predicted molar refractivity (Wildman–Crippen MR) is 54.7 cm³/mol. The van der Waals surface area contributed by atoms with Crippen LogP contribution < -0.4 is 0 Å². The highest BCUT2D eigenvalue weighted by molar-refractivity contribution is 5.34. The lowest BCUT2D eigenvalue weighted by molar-refractivity contribution is -0.263. The van der Waals surface area contributed by atoms with Crippen LogP contribution in [-0.4, -0.2) is 31.7 Å². The first kappa shape index (κ1) is 10.4. The highest BCUT2D eigenvalue weighted by Crippen LogP contribution is 2.53. The number of azo groups is 1. The molecule has 1 aliphatic heterocycles. The molecule has 1 unspecified atom stereocenters. The molecule has 0 aromatic carbocycles. The normalized spacial score (nSPS) is 37.8. The van der Waals surface area contributed by atoms with Gasteiger partial charge in [0, 0.05) is 27.1 Å². The van der Waals surface area contributed by atoms with Crippen molar-refractivity contribution in [3.05, 3.63) is 11.3 Å². The minimum absolute atomic E-state index is 0.0421. The standard InChI is InChI=1S/C11H15FN2O2/c1-15-11(16-2)5-7(9(11)12)8-6-10(3-4-10)14-13-8/h9H,3-6H2,1-2H3/b8-7+. The number of methoxy groups -OCH3 is 2. The summed E-state index contributed by atoms with van der Waals surface area (Å²) >= 11 is 0. The number of halogens is 1. The Morgan fingerprint density at radius 1 is 1.25 bits per heavy atom. The molecule has 3 aliphatic rings. The van der Waals surface area contributed by atoms with Crippen LogP contribution in [0, 0.1) is 0 Å². The van der Waals surface area contributed by atoms with Crippen LogP contribution in [0.4, 0.5) is 4.39 Å². The van der Waals surface area contributed by atoms with Crippen molar-refractivity contribution in [2.24, 2.45) is 10.2 Å². The van der Waals surface area contributed by atoms with Crippen molar-refractivity contribution >= 4 is 0 Å². The summed E-state index contributed by atoms with van der Waals surface area (Å²) in [6.45, 7) is 0. The number of hydrogen-bond donors (Lipinski definition) is 0. The van der Waals surface area contributed by atoms with Gasteiger partial charge in [0.2, 0.25) is 5.79 Å². The van der Waals surface area contributed by atoms with E-state index in [0.29, 0.717) is 12.0 Å². The molecule has 0 bridgehead atoms. The van der Waals surface area contributed by atoms with Gasteiger partial charge < -0.3 is 9.47 Å². The number of hydrogen-bond acceptors (Lipinski definition) is 4. The molecule has 0 aromatic rings. The van der Waals surface area contributed by atoms with Crippen molar-refractivity contribution in [3.8, 4) is 0 Å². The van der Waals surface area contributed by atoms with E-state index in [9.17, 15) is 4.39 Å². The Balaban J connectivity index is 1.80. The maximum atomic E-state index is 14.0. The molecule has 2 aliphatic carbocycles. The molecule has 4 nitrogen and oxygen atoms in total. The first-order chi connectivity index (χ1) is 7.65. The van der Waals surface area contributed by atoms with Gasteiger partial charge in [-0.25, -0.2) is 4.39 Å². The van der Waals surface area contributed by atoms with Gasteiger partial charge in [0.25, 0.3) is 0 Å². The summed E-state index contributed by atoms with van der Waals surface area (Å²) in [6, 6.07) is 0. The lowest BCUT2D eigenvalue weighted by Crippen LogP contribution is -2.54. The van der Waals surface area contributed by atoms with E-state index in [0.717, 1.165) is 25.0 Å². The number of alkyl halides is 1. The first-order valence-corrected chi connectivity index (χ1v) is 5.54. The second kappa shape index (κ2) is 3.11. The van der Waals surface area contributed by atoms with Crippen molar-refractivity contribution in [2.75, 3.05) is 14.2 Å². The van der Waals surface area contributed by atoms with E-state index in [2.05, 4.69) is 10.2 Å². The summed E-state index contributed by atoms with van der Waals surface area (Å²) in [5, 5.41) is 8.33. The fraction of sp³-hybridized carbons (Fsp3) is 0.818. The zero-order valence-electron chi connectivity index (χ0n) is 9.49. The minimum Gasteiger partial charge on any atom is -0.350 e. The van der Waals surface area contributed by atoms with Crippen LogP contribution in [-0.2, 0) is 9.47 Å². The van der Waals surface area contributed by atoms with Crippen LogP contribution in [0.2, 0.25) is 0 Å². The molecular weight excluding hydrogens is 211 g/mol. The minimum atomic E-state index is -1.20. The lowest BCUT2D eigenvalue weighted by atomic mass is 9.80. The average Bonchev–Trinajstić information content (AvgIpc) is 2.92. The van der Waals surface area contributed by atoms with Gasteiger partial charge in [-0.2, -0.15) is 10.2 Å². The van der Waals surface area contributed by atoms with Crippen LogP contribution in [0.25, 0.3) is 0 Å². The van der Waals surface area contributed by atoms with Gasteiger partial charge in [0.05, 0.1) is 11.2 Å². The molecule has 0 amide bonds. The number of nitrogens with zero attached hydrogens (tertiary/aromatic N) is 2. The van der Waals surface area contributed by atoms with E-state index in [1.54, 1.807) is 0 Å². The molecule has 0 N–H and O–H groups in total. The molecule has 1 atom stereocenters. The summed E-state index contributed by atoms with van der Waals surface area (Å²) in [7, 11) is 2.94. The van der Waals surface area contributed by atoms with Gasteiger partial charge in [-0.05, 0) is 18.4 Å². The number of ether oxygens (including phenoxy) is 2. The molecule has 16 heavy (non-hydrogen) atoms. The molecular formula is C11H15FN2O2. The van der Waals surface area contributed by atoms with Crippen molar-refractivity contribution in [1.82, 2.24) is 0 Å².